The van der Waals surface area contributed by atoms with E-state index < -0.39 is 0 Å². The number of hydrogen-bond acceptors (Lipinski definition) is 2. The first-order valence-corrected chi connectivity index (χ1v) is 7.01. The maximum Gasteiger partial charge on any atom is 0.247 e. The van der Waals surface area contributed by atoms with Gasteiger partial charge < -0.3 is 10.2 Å². The van der Waals surface area contributed by atoms with E-state index >= 15 is 0 Å². The first kappa shape index (κ1) is 14.6. The number of rotatable bonds is 3. The first-order chi connectivity index (χ1) is 9.61. The van der Waals surface area contributed by atoms with Crippen molar-refractivity contribution in [1.82, 2.24) is 10.2 Å². The predicted molar refractivity (Wildman–Crippen MR) is 79.3 cm³/mol. The number of hydrogen-bond donors (Lipinski definition) is 1. The smallest absolute Gasteiger partial charge is 0.247 e. The van der Waals surface area contributed by atoms with E-state index in [-0.39, 0.29) is 17.9 Å². The van der Waals surface area contributed by atoms with Crippen LogP contribution in [-0.4, -0.2) is 35.8 Å². The van der Waals surface area contributed by atoms with Gasteiger partial charge in [0.15, 0.2) is 0 Å². The molecule has 1 aromatic carbocycles. The van der Waals surface area contributed by atoms with Crippen LogP contribution in [0.4, 0.5) is 0 Å². The third-order valence-electron chi connectivity index (χ3n) is 3.27. The molecule has 1 unspecified atom stereocenters. The molecule has 1 heterocycles. The Bertz CT molecular complexity index is 542. The summed E-state index contributed by atoms with van der Waals surface area (Å²) in [6.07, 6.45) is 3.82. The van der Waals surface area contributed by atoms with E-state index in [1.807, 2.05) is 19.1 Å². The number of carbonyl (C=O) groups is 2. The van der Waals surface area contributed by atoms with Crippen molar-refractivity contribution in [1.29, 1.82) is 0 Å². The van der Waals surface area contributed by atoms with Gasteiger partial charge in [0.1, 0.15) is 6.04 Å². The van der Waals surface area contributed by atoms with Gasteiger partial charge in [0.25, 0.3) is 0 Å². The first-order valence-electron chi connectivity index (χ1n) is 6.63. The molecule has 0 aromatic heterocycles. The third kappa shape index (κ3) is 3.39. The van der Waals surface area contributed by atoms with E-state index in [1.165, 1.54) is 6.08 Å². The van der Waals surface area contributed by atoms with Crippen LogP contribution < -0.4 is 5.32 Å². The average Bonchev–Trinajstić information content (AvgIpc) is 2.44. The number of nitrogens with one attached hydrogen (secondary N) is 1. The quantitative estimate of drug-likeness (QED) is 0.867. The van der Waals surface area contributed by atoms with Gasteiger partial charge in [-0.3, -0.25) is 9.59 Å². The molecule has 0 radical (unpaired) electrons. The van der Waals surface area contributed by atoms with Crippen LogP contribution in [0.1, 0.15) is 18.9 Å². The van der Waals surface area contributed by atoms with Gasteiger partial charge in [-0.2, -0.15) is 0 Å². The Morgan fingerprint density at radius 2 is 2.35 bits per heavy atom. The summed E-state index contributed by atoms with van der Waals surface area (Å²) < 4.78 is 0. The Morgan fingerprint density at radius 1 is 1.55 bits per heavy atom. The Morgan fingerprint density at radius 3 is 3.05 bits per heavy atom. The number of amides is 2. The highest BCUT2D eigenvalue weighted by molar-refractivity contribution is 6.30. The maximum absolute atomic E-state index is 12.2. The number of halogens is 1. The number of carbonyl (C=O) groups excluding carboxylic acids is 2. The molecule has 1 fully saturated rings. The Balaban J connectivity index is 2.09. The van der Waals surface area contributed by atoms with Gasteiger partial charge in [-0.25, -0.2) is 0 Å². The standard InChI is InChI=1S/C15H17ClN2O2/c1-2-13-15(20)17-8-9-18(13)14(19)7-6-11-4-3-5-12(16)10-11/h3-7,10,13H,2,8-9H2,1H3,(H,17,20). The lowest BCUT2D eigenvalue weighted by Gasteiger charge is -2.33. The highest BCUT2D eigenvalue weighted by atomic mass is 35.5. The van der Waals surface area contributed by atoms with E-state index in [0.29, 0.717) is 24.5 Å². The summed E-state index contributed by atoms with van der Waals surface area (Å²) in [5.41, 5.74) is 0.861. The van der Waals surface area contributed by atoms with Crippen molar-refractivity contribution in [3.05, 3.63) is 40.9 Å². The Kier molecular flexibility index (Phi) is 4.79. The van der Waals surface area contributed by atoms with Gasteiger partial charge in [-0.15, -0.1) is 0 Å². The molecule has 20 heavy (non-hydrogen) atoms. The molecule has 1 aliphatic heterocycles. The fourth-order valence-corrected chi connectivity index (χ4v) is 2.46. The molecule has 2 rings (SSSR count). The van der Waals surface area contributed by atoms with Gasteiger partial charge >= 0.3 is 0 Å². The van der Waals surface area contributed by atoms with E-state index in [4.69, 9.17) is 11.6 Å². The van der Waals surface area contributed by atoms with E-state index in [1.54, 1.807) is 23.1 Å². The molecule has 106 valence electrons. The van der Waals surface area contributed by atoms with E-state index in [2.05, 4.69) is 5.32 Å². The minimum atomic E-state index is -0.375. The molecular formula is C15H17ClN2O2. The fourth-order valence-electron chi connectivity index (χ4n) is 2.26. The molecule has 1 atom stereocenters. The summed E-state index contributed by atoms with van der Waals surface area (Å²) in [7, 11) is 0. The monoisotopic (exact) mass is 292 g/mol. The molecule has 0 bridgehead atoms. The van der Waals surface area contributed by atoms with Crippen LogP contribution in [0.5, 0.6) is 0 Å². The zero-order valence-corrected chi connectivity index (χ0v) is 12.1. The van der Waals surface area contributed by atoms with Crippen molar-refractivity contribution in [3.8, 4) is 0 Å². The van der Waals surface area contributed by atoms with Crippen molar-refractivity contribution < 1.29 is 9.59 Å². The lowest BCUT2D eigenvalue weighted by molar-refractivity contribution is -0.140. The second-order valence-corrected chi connectivity index (χ2v) is 5.07. The predicted octanol–water partition coefficient (Wildman–Crippen LogP) is 2.09. The summed E-state index contributed by atoms with van der Waals surface area (Å²) in [6, 6.07) is 6.89. The number of nitrogens with zero attached hydrogens (tertiary/aromatic N) is 1. The maximum atomic E-state index is 12.2. The van der Waals surface area contributed by atoms with Crippen molar-refractivity contribution >= 4 is 29.5 Å². The lowest BCUT2D eigenvalue weighted by atomic mass is 10.1. The van der Waals surface area contributed by atoms with Crippen LogP contribution in [0.25, 0.3) is 6.08 Å². The van der Waals surface area contributed by atoms with Crippen molar-refractivity contribution in [2.24, 2.45) is 0 Å². The summed E-state index contributed by atoms with van der Waals surface area (Å²) in [4.78, 5) is 25.5. The van der Waals surface area contributed by atoms with Crippen LogP contribution in [0, 0.1) is 0 Å². The summed E-state index contributed by atoms with van der Waals surface area (Å²) in [5.74, 6) is -0.227. The molecule has 2 amide bonds. The van der Waals surface area contributed by atoms with Crippen LogP contribution in [0.15, 0.2) is 30.3 Å². The Hall–Kier alpha value is -1.81. The summed E-state index contributed by atoms with van der Waals surface area (Å²) in [5, 5.41) is 3.40. The van der Waals surface area contributed by atoms with Gasteiger partial charge in [-0.1, -0.05) is 30.7 Å². The molecule has 1 N–H and O–H groups in total. The van der Waals surface area contributed by atoms with Gasteiger partial charge in [-0.05, 0) is 30.2 Å². The largest absolute Gasteiger partial charge is 0.353 e. The zero-order chi connectivity index (χ0) is 14.5. The SMILES string of the molecule is CCC1C(=O)NCCN1C(=O)C=Cc1cccc(Cl)c1. The fraction of sp³-hybridized carbons (Fsp3) is 0.333. The molecule has 4 nitrogen and oxygen atoms in total. The zero-order valence-electron chi connectivity index (χ0n) is 11.3. The molecule has 5 heteroatoms. The second kappa shape index (κ2) is 6.57. The normalized spacial score (nSPS) is 19.2. The van der Waals surface area contributed by atoms with Gasteiger partial charge in [0.2, 0.25) is 11.8 Å². The molecular weight excluding hydrogens is 276 g/mol. The van der Waals surface area contributed by atoms with Crippen molar-refractivity contribution in [2.45, 2.75) is 19.4 Å². The molecule has 1 aromatic rings. The molecule has 0 aliphatic carbocycles. The van der Waals surface area contributed by atoms with E-state index in [9.17, 15) is 9.59 Å². The minimum absolute atomic E-state index is 0.0803. The van der Waals surface area contributed by atoms with Crippen LogP contribution in [0.2, 0.25) is 5.02 Å². The van der Waals surface area contributed by atoms with Crippen LogP contribution in [-0.2, 0) is 9.59 Å². The lowest BCUT2D eigenvalue weighted by Crippen LogP contribution is -2.56. The Labute approximate surface area is 123 Å². The number of benzene rings is 1. The van der Waals surface area contributed by atoms with Crippen molar-refractivity contribution in [3.63, 3.8) is 0 Å². The molecule has 0 saturated carbocycles. The molecule has 0 spiro atoms. The van der Waals surface area contributed by atoms with Gasteiger partial charge in [0.05, 0.1) is 0 Å². The topological polar surface area (TPSA) is 49.4 Å². The number of piperazine rings is 1. The highest BCUT2D eigenvalue weighted by Crippen LogP contribution is 2.13. The minimum Gasteiger partial charge on any atom is -0.353 e. The van der Waals surface area contributed by atoms with Gasteiger partial charge in [0, 0.05) is 24.2 Å². The van der Waals surface area contributed by atoms with Crippen LogP contribution >= 0.6 is 11.6 Å². The van der Waals surface area contributed by atoms with Crippen LogP contribution in [0.3, 0.4) is 0 Å². The summed E-state index contributed by atoms with van der Waals surface area (Å²) >= 11 is 5.89. The second-order valence-electron chi connectivity index (χ2n) is 4.64. The summed E-state index contributed by atoms with van der Waals surface area (Å²) in [6.45, 7) is 2.95. The van der Waals surface area contributed by atoms with Crippen molar-refractivity contribution in [2.75, 3.05) is 13.1 Å². The highest BCUT2D eigenvalue weighted by Gasteiger charge is 2.30. The van der Waals surface area contributed by atoms with E-state index in [0.717, 1.165) is 5.56 Å². The third-order valence-corrected chi connectivity index (χ3v) is 3.50. The molecule has 1 saturated heterocycles. The average molecular weight is 293 g/mol. The molecule has 1 aliphatic rings.